The number of hydrogen-bond acceptors (Lipinski definition) is 5. The molecule has 2 unspecified atom stereocenters. The molecule has 1 N–H and O–H groups in total. The van der Waals surface area contributed by atoms with Crippen molar-refractivity contribution in [2.75, 3.05) is 52.4 Å². The van der Waals surface area contributed by atoms with Crippen LogP contribution in [0.15, 0.2) is 15.6 Å². The highest BCUT2D eigenvalue weighted by Crippen LogP contribution is 2.21. The fourth-order valence-corrected chi connectivity index (χ4v) is 4.45. The van der Waals surface area contributed by atoms with E-state index in [0.717, 1.165) is 69.6 Å². The average Bonchev–Trinajstić information content (AvgIpc) is 3.19. The Bertz CT molecular complexity index is 707. The molecule has 31 heavy (non-hydrogen) atoms. The van der Waals surface area contributed by atoms with Gasteiger partial charge in [0.2, 0.25) is 5.91 Å². The third-order valence-corrected chi connectivity index (χ3v) is 5.94. The Morgan fingerprint density at radius 2 is 1.84 bits per heavy atom. The average molecular weight is 546 g/mol. The number of piperidine rings is 1. The van der Waals surface area contributed by atoms with E-state index in [1.54, 1.807) is 0 Å². The number of carbonyl (C=O) groups is 1. The highest BCUT2D eigenvalue weighted by molar-refractivity contribution is 14.0. The molecule has 3 rings (SSSR count). The number of amides is 1. The van der Waals surface area contributed by atoms with Gasteiger partial charge in [-0.25, -0.2) is 4.99 Å². The van der Waals surface area contributed by atoms with Gasteiger partial charge < -0.3 is 19.6 Å². The number of piperazine rings is 1. The van der Waals surface area contributed by atoms with Crippen LogP contribution in [0.1, 0.15) is 45.6 Å². The molecule has 176 valence electrons. The van der Waals surface area contributed by atoms with E-state index in [-0.39, 0.29) is 29.9 Å². The number of rotatable bonds is 6. The summed E-state index contributed by atoms with van der Waals surface area (Å²) in [7, 11) is 0. The molecule has 0 aromatic carbocycles. The molecule has 2 aliphatic rings. The molecule has 2 atom stereocenters. The number of hydrogen-bond donors (Lipinski definition) is 1. The minimum atomic E-state index is 0. The Labute approximate surface area is 203 Å². The summed E-state index contributed by atoms with van der Waals surface area (Å²) >= 11 is 0. The van der Waals surface area contributed by atoms with Crippen molar-refractivity contribution in [1.82, 2.24) is 25.2 Å². The molecular formula is C22H39IN6O2. The first-order valence-electron chi connectivity index (χ1n) is 11.5. The summed E-state index contributed by atoms with van der Waals surface area (Å²) < 4.78 is 5.35. The summed E-state index contributed by atoms with van der Waals surface area (Å²) in [5, 5.41) is 7.42. The maximum atomic E-state index is 12.8. The first-order valence-corrected chi connectivity index (χ1v) is 11.5. The minimum absolute atomic E-state index is 0. The summed E-state index contributed by atoms with van der Waals surface area (Å²) in [6.45, 7) is 15.7. The van der Waals surface area contributed by atoms with Crippen LogP contribution in [0, 0.1) is 11.8 Å². The predicted molar refractivity (Wildman–Crippen MR) is 134 cm³/mol. The van der Waals surface area contributed by atoms with E-state index >= 15 is 0 Å². The van der Waals surface area contributed by atoms with Crippen molar-refractivity contribution in [1.29, 1.82) is 0 Å². The summed E-state index contributed by atoms with van der Waals surface area (Å²) in [4.78, 5) is 24.1. The van der Waals surface area contributed by atoms with Crippen LogP contribution in [0.4, 0.5) is 0 Å². The zero-order chi connectivity index (χ0) is 21.5. The topological polar surface area (TPSA) is 77.2 Å². The molecule has 0 aliphatic carbocycles. The fourth-order valence-electron chi connectivity index (χ4n) is 4.45. The van der Waals surface area contributed by atoms with Crippen molar-refractivity contribution in [2.24, 2.45) is 16.8 Å². The third kappa shape index (κ3) is 7.62. The monoisotopic (exact) mass is 546 g/mol. The largest absolute Gasteiger partial charge is 0.359 e. The number of aromatic nitrogens is 1. The summed E-state index contributed by atoms with van der Waals surface area (Å²) in [6, 6.07) is 1.97. The summed E-state index contributed by atoms with van der Waals surface area (Å²) in [5.74, 6) is 3.17. The summed E-state index contributed by atoms with van der Waals surface area (Å²) in [5.41, 5.74) is 0.959. The van der Waals surface area contributed by atoms with E-state index in [1.807, 2.05) is 6.07 Å². The van der Waals surface area contributed by atoms with Crippen LogP contribution >= 0.6 is 24.0 Å². The van der Waals surface area contributed by atoms with Gasteiger partial charge in [-0.2, -0.15) is 0 Å². The molecule has 1 amide bonds. The van der Waals surface area contributed by atoms with E-state index < -0.39 is 0 Å². The molecule has 1 aromatic heterocycles. The van der Waals surface area contributed by atoms with E-state index in [4.69, 9.17) is 9.52 Å². The molecule has 1 aromatic rings. The highest BCUT2D eigenvalue weighted by Gasteiger charge is 2.28. The molecule has 9 heteroatoms. The molecule has 2 fully saturated rings. The quantitative estimate of drug-likeness (QED) is 0.336. The molecule has 0 radical (unpaired) electrons. The maximum Gasteiger partial charge on any atom is 0.236 e. The summed E-state index contributed by atoms with van der Waals surface area (Å²) in [6.07, 6.45) is 2.09. The van der Waals surface area contributed by atoms with Crippen molar-refractivity contribution >= 4 is 35.8 Å². The smallest absolute Gasteiger partial charge is 0.236 e. The number of aryl methyl sites for hydroxylation is 1. The zero-order valence-electron chi connectivity index (χ0n) is 19.5. The molecule has 0 bridgehead atoms. The van der Waals surface area contributed by atoms with Gasteiger partial charge >= 0.3 is 0 Å². The van der Waals surface area contributed by atoms with Gasteiger partial charge in [0.15, 0.2) is 11.7 Å². The van der Waals surface area contributed by atoms with Gasteiger partial charge in [-0.3, -0.25) is 9.69 Å². The first kappa shape index (κ1) is 25.9. The van der Waals surface area contributed by atoms with Crippen LogP contribution in [-0.4, -0.2) is 84.1 Å². The number of carbonyl (C=O) groups excluding carboxylic acids is 1. The van der Waals surface area contributed by atoms with Gasteiger partial charge in [0.05, 0.1) is 12.2 Å². The highest BCUT2D eigenvalue weighted by atomic mass is 127. The van der Waals surface area contributed by atoms with E-state index in [2.05, 4.69) is 52.9 Å². The number of aliphatic imine (C=N–C) groups is 1. The number of nitrogens with one attached hydrogen (secondary N) is 1. The van der Waals surface area contributed by atoms with Crippen molar-refractivity contribution in [3.8, 4) is 0 Å². The molecule has 8 nitrogen and oxygen atoms in total. The molecular weight excluding hydrogens is 507 g/mol. The van der Waals surface area contributed by atoms with Crippen molar-refractivity contribution < 1.29 is 9.32 Å². The molecule has 0 saturated carbocycles. The van der Waals surface area contributed by atoms with Crippen LogP contribution < -0.4 is 5.32 Å². The standard InChI is InChI=1S/C22H38N6O2.HI/c1-5-19-12-20(30-25-19)13-24-22(23-6-2)27-9-7-26(8-10-27)16-21(29)28-14-17(3)11-18(4)15-28;/h12,17-18H,5-11,13-16H2,1-4H3,(H,23,24);1H. The van der Waals surface area contributed by atoms with Gasteiger partial charge in [-0.1, -0.05) is 25.9 Å². The first-order chi connectivity index (χ1) is 14.5. The Hall–Kier alpha value is -1.36. The lowest BCUT2D eigenvalue weighted by Gasteiger charge is -2.39. The Kier molecular flexibility index (Phi) is 10.5. The second kappa shape index (κ2) is 12.6. The SMILES string of the molecule is CCNC(=NCc1cc(CC)no1)N1CCN(CC(=O)N2CC(C)CC(C)C2)CC1.I. The van der Waals surface area contributed by atoms with Gasteiger partial charge in [0.1, 0.15) is 6.54 Å². The van der Waals surface area contributed by atoms with Crippen LogP contribution in [-0.2, 0) is 17.8 Å². The van der Waals surface area contributed by atoms with Crippen molar-refractivity contribution in [2.45, 2.75) is 47.1 Å². The normalized spacial score (nSPS) is 22.9. The number of nitrogens with zero attached hydrogens (tertiary/aromatic N) is 5. The van der Waals surface area contributed by atoms with Crippen LogP contribution in [0.3, 0.4) is 0 Å². The van der Waals surface area contributed by atoms with Gasteiger partial charge in [0, 0.05) is 51.9 Å². The molecule has 0 spiro atoms. The minimum Gasteiger partial charge on any atom is -0.359 e. The van der Waals surface area contributed by atoms with E-state index in [1.165, 1.54) is 6.42 Å². The number of guanidine groups is 1. The maximum absolute atomic E-state index is 12.8. The van der Waals surface area contributed by atoms with Gasteiger partial charge in [-0.15, -0.1) is 24.0 Å². The van der Waals surface area contributed by atoms with Crippen LogP contribution in [0.25, 0.3) is 0 Å². The van der Waals surface area contributed by atoms with Crippen molar-refractivity contribution in [3.05, 3.63) is 17.5 Å². The Morgan fingerprint density at radius 3 is 2.42 bits per heavy atom. The van der Waals surface area contributed by atoms with Gasteiger partial charge in [-0.05, 0) is 31.6 Å². The number of halogens is 1. The van der Waals surface area contributed by atoms with Crippen LogP contribution in [0.2, 0.25) is 0 Å². The number of likely N-dealkylation sites (tertiary alicyclic amines) is 1. The van der Waals surface area contributed by atoms with Crippen LogP contribution in [0.5, 0.6) is 0 Å². The Balaban J connectivity index is 0.00000341. The lowest BCUT2D eigenvalue weighted by atomic mass is 9.92. The van der Waals surface area contributed by atoms with E-state index in [9.17, 15) is 4.79 Å². The lowest BCUT2D eigenvalue weighted by molar-refractivity contribution is -0.135. The third-order valence-electron chi connectivity index (χ3n) is 5.94. The Morgan fingerprint density at radius 1 is 1.16 bits per heavy atom. The van der Waals surface area contributed by atoms with E-state index in [0.29, 0.717) is 24.9 Å². The molecule has 2 saturated heterocycles. The lowest BCUT2D eigenvalue weighted by Crippen LogP contribution is -2.55. The predicted octanol–water partition coefficient (Wildman–Crippen LogP) is 2.44. The molecule has 3 heterocycles. The second-order valence-corrected chi connectivity index (χ2v) is 8.82. The second-order valence-electron chi connectivity index (χ2n) is 8.82. The van der Waals surface area contributed by atoms with Gasteiger partial charge in [0.25, 0.3) is 0 Å². The van der Waals surface area contributed by atoms with Crippen molar-refractivity contribution in [3.63, 3.8) is 0 Å². The zero-order valence-corrected chi connectivity index (χ0v) is 21.8. The fraction of sp³-hybridized carbons (Fsp3) is 0.773. The molecule has 2 aliphatic heterocycles.